The van der Waals surface area contributed by atoms with E-state index in [1.807, 2.05) is 0 Å². The summed E-state index contributed by atoms with van der Waals surface area (Å²) in [7, 11) is 0. The fourth-order valence-corrected chi connectivity index (χ4v) is 3.41. The van der Waals surface area contributed by atoms with Crippen LogP contribution in [-0.4, -0.2) is 50.0 Å². The van der Waals surface area contributed by atoms with Crippen molar-refractivity contribution in [1.29, 1.82) is 0 Å². The summed E-state index contributed by atoms with van der Waals surface area (Å²) >= 11 is 7.34. The number of thiophene rings is 1. The Labute approximate surface area is 135 Å². The van der Waals surface area contributed by atoms with Crippen molar-refractivity contribution in [1.82, 2.24) is 19.9 Å². The van der Waals surface area contributed by atoms with E-state index in [1.165, 1.54) is 17.5 Å². The van der Waals surface area contributed by atoms with Gasteiger partial charge in [-0.05, 0) is 24.3 Å². The number of likely N-dealkylation sites (tertiary alicyclic amines) is 1. The summed E-state index contributed by atoms with van der Waals surface area (Å²) < 4.78 is 2.08. The number of aromatic carboxylic acids is 1. The summed E-state index contributed by atoms with van der Waals surface area (Å²) in [5.41, 5.74) is 0.475. The van der Waals surface area contributed by atoms with E-state index in [2.05, 4.69) is 10.3 Å². The first-order valence-corrected chi connectivity index (χ1v) is 7.99. The number of carbonyl (C=O) groups excluding carboxylic acids is 1. The number of hydrogen-bond donors (Lipinski definition) is 1. The molecule has 116 valence electrons. The van der Waals surface area contributed by atoms with Crippen LogP contribution in [0.2, 0.25) is 4.34 Å². The van der Waals surface area contributed by atoms with Crippen molar-refractivity contribution in [2.75, 3.05) is 13.1 Å². The Morgan fingerprint density at radius 3 is 2.64 bits per heavy atom. The molecule has 9 heteroatoms. The van der Waals surface area contributed by atoms with Crippen molar-refractivity contribution in [3.63, 3.8) is 0 Å². The van der Waals surface area contributed by atoms with Gasteiger partial charge < -0.3 is 10.0 Å². The molecule has 1 saturated heterocycles. The lowest BCUT2D eigenvalue weighted by Gasteiger charge is -2.31. The van der Waals surface area contributed by atoms with E-state index < -0.39 is 5.97 Å². The normalized spacial score (nSPS) is 16.0. The topological polar surface area (TPSA) is 88.3 Å². The standard InChI is InChI=1S/C13H13ClN4O3S/c14-11-9(3-6-22-11)12(19)17-4-1-8(2-5-17)18-7-10(13(20)21)15-16-18/h3,6-8H,1-2,4-5H2,(H,20,21). The molecule has 2 aromatic rings. The van der Waals surface area contributed by atoms with Crippen molar-refractivity contribution in [3.05, 3.63) is 33.2 Å². The van der Waals surface area contributed by atoms with E-state index >= 15 is 0 Å². The number of halogens is 1. The maximum Gasteiger partial charge on any atom is 0.358 e. The molecule has 0 saturated carbocycles. The molecule has 3 rings (SSSR count). The van der Waals surface area contributed by atoms with Gasteiger partial charge in [-0.2, -0.15) is 0 Å². The van der Waals surface area contributed by atoms with E-state index in [1.54, 1.807) is 21.0 Å². The van der Waals surface area contributed by atoms with Gasteiger partial charge in [0.25, 0.3) is 5.91 Å². The van der Waals surface area contributed by atoms with Crippen LogP contribution in [0.4, 0.5) is 0 Å². The van der Waals surface area contributed by atoms with Gasteiger partial charge in [0.2, 0.25) is 0 Å². The Balaban J connectivity index is 1.63. The van der Waals surface area contributed by atoms with Gasteiger partial charge in [0, 0.05) is 13.1 Å². The SMILES string of the molecule is O=C(O)c1cn(C2CCN(C(=O)c3ccsc3Cl)CC2)nn1. The minimum Gasteiger partial charge on any atom is -0.476 e. The first kappa shape index (κ1) is 15.0. The van der Waals surface area contributed by atoms with Crippen LogP contribution < -0.4 is 0 Å². The summed E-state index contributed by atoms with van der Waals surface area (Å²) in [4.78, 5) is 24.9. The van der Waals surface area contributed by atoms with Gasteiger partial charge in [-0.25, -0.2) is 9.48 Å². The zero-order chi connectivity index (χ0) is 15.7. The van der Waals surface area contributed by atoms with Crippen LogP contribution in [0.25, 0.3) is 0 Å². The van der Waals surface area contributed by atoms with E-state index in [0.717, 1.165) is 0 Å². The Kier molecular flexibility index (Phi) is 4.12. The molecule has 0 aliphatic carbocycles. The third-order valence-electron chi connectivity index (χ3n) is 3.70. The van der Waals surface area contributed by atoms with Gasteiger partial charge in [-0.15, -0.1) is 16.4 Å². The molecule has 1 N–H and O–H groups in total. The zero-order valence-corrected chi connectivity index (χ0v) is 13.0. The smallest absolute Gasteiger partial charge is 0.358 e. The molecule has 1 amide bonds. The second-order valence-electron chi connectivity index (χ2n) is 5.02. The average molecular weight is 341 g/mol. The minimum atomic E-state index is -1.09. The third-order valence-corrected chi connectivity index (χ3v) is 4.87. The van der Waals surface area contributed by atoms with Crippen molar-refractivity contribution in [3.8, 4) is 0 Å². The van der Waals surface area contributed by atoms with E-state index in [0.29, 0.717) is 35.8 Å². The lowest BCUT2D eigenvalue weighted by molar-refractivity contribution is 0.0684. The quantitative estimate of drug-likeness (QED) is 0.925. The number of nitrogens with zero attached hydrogens (tertiary/aromatic N) is 4. The number of carbonyl (C=O) groups is 2. The largest absolute Gasteiger partial charge is 0.476 e. The van der Waals surface area contributed by atoms with Crippen LogP contribution >= 0.6 is 22.9 Å². The number of rotatable bonds is 3. The summed E-state index contributed by atoms with van der Waals surface area (Å²) in [6, 6.07) is 1.79. The minimum absolute atomic E-state index is 0.0580. The van der Waals surface area contributed by atoms with E-state index in [4.69, 9.17) is 16.7 Å². The molecular weight excluding hydrogens is 328 g/mol. The van der Waals surface area contributed by atoms with Gasteiger partial charge in [0.1, 0.15) is 4.34 Å². The maximum atomic E-state index is 12.4. The highest BCUT2D eigenvalue weighted by molar-refractivity contribution is 7.14. The highest BCUT2D eigenvalue weighted by atomic mass is 35.5. The molecule has 2 aromatic heterocycles. The number of amides is 1. The third kappa shape index (κ3) is 2.84. The molecule has 1 aliphatic rings. The lowest BCUT2D eigenvalue weighted by atomic mass is 10.0. The lowest BCUT2D eigenvalue weighted by Crippen LogP contribution is -2.39. The predicted octanol–water partition coefficient (Wildman–Crippen LogP) is 2.17. The highest BCUT2D eigenvalue weighted by Gasteiger charge is 2.27. The van der Waals surface area contributed by atoms with Gasteiger partial charge in [-0.3, -0.25) is 4.79 Å². The summed E-state index contributed by atoms with van der Waals surface area (Å²) in [6.45, 7) is 1.16. The molecule has 0 spiro atoms. The van der Waals surface area contributed by atoms with Crippen LogP contribution in [-0.2, 0) is 0 Å². The fraction of sp³-hybridized carbons (Fsp3) is 0.385. The molecule has 1 aliphatic heterocycles. The first-order chi connectivity index (χ1) is 10.6. The van der Waals surface area contributed by atoms with Crippen molar-refractivity contribution in [2.24, 2.45) is 0 Å². The van der Waals surface area contributed by atoms with Gasteiger partial charge in [0.05, 0.1) is 17.8 Å². The Morgan fingerprint density at radius 2 is 2.09 bits per heavy atom. The van der Waals surface area contributed by atoms with Gasteiger partial charge in [0.15, 0.2) is 5.69 Å². The van der Waals surface area contributed by atoms with Gasteiger partial charge >= 0.3 is 5.97 Å². The second-order valence-corrected chi connectivity index (χ2v) is 6.54. The predicted molar refractivity (Wildman–Crippen MR) is 80.5 cm³/mol. The van der Waals surface area contributed by atoms with Crippen LogP contribution in [0.5, 0.6) is 0 Å². The molecular formula is C13H13ClN4O3S. The van der Waals surface area contributed by atoms with Crippen LogP contribution in [0.3, 0.4) is 0 Å². The Morgan fingerprint density at radius 1 is 1.36 bits per heavy atom. The maximum absolute atomic E-state index is 12.4. The molecule has 22 heavy (non-hydrogen) atoms. The Hall–Kier alpha value is -1.93. The molecule has 0 radical (unpaired) electrons. The van der Waals surface area contributed by atoms with Crippen LogP contribution in [0, 0.1) is 0 Å². The molecule has 1 fully saturated rings. The number of carboxylic acid groups (broad SMARTS) is 1. The average Bonchev–Trinajstić information content (AvgIpc) is 3.15. The van der Waals surface area contributed by atoms with E-state index in [9.17, 15) is 9.59 Å². The number of piperidine rings is 1. The highest BCUT2D eigenvalue weighted by Crippen LogP contribution is 2.27. The number of aromatic nitrogens is 3. The number of carboxylic acids is 1. The molecule has 0 unspecified atom stereocenters. The monoisotopic (exact) mass is 340 g/mol. The fourth-order valence-electron chi connectivity index (χ4n) is 2.50. The van der Waals surface area contributed by atoms with Crippen LogP contribution in [0.15, 0.2) is 17.6 Å². The van der Waals surface area contributed by atoms with Crippen LogP contribution in [0.1, 0.15) is 39.7 Å². The molecule has 3 heterocycles. The Bertz CT molecular complexity index is 706. The number of hydrogen-bond acceptors (Lipinski definition) is 5. The van der Waals surface area contributed by atoms with Crippen molar-refractivity contribution >= 4 is 34.8 Å². The van der Waals surface area contributed by atoms with Crippen molar-refractivity contribution in [2.45, 2.75) is 18.9 Å². The first-order valence-electron chi connectivity index (χ1n) is 6.73. The molecule has 0 aromatic carbocycles. The molecule has 7 nitrogen and oxygen atoms in total. The zero-order valence-electron chi connectivity index (χ0n) is 11.5. The molecule has 0 bridgehead atoms. The summed E-state index contributed by atoms with van der Waals surface area (Å²) in [5.74, 6) is -1.15. The van der Waals surface area contributed by atoms with Crippen molar-refractivity contribution < 1.29 is 14.7 Å². The van der Waals surface area contributed by atoms with E-state index in [-0.39, 0.29) is 17.6 Å². The molecule has 0 atom stereocenters. The summed E-state index contributed by atoms with van der Waals surface area (Å²) in [5, 5.41) is 18.1. The van der Waals surface area contributed by atoms with Gasteiger partial charge in [-0.1, -0.05) is 16.8 Å². The summed E-state index contributed by atoms with van der Waals surface area (Å²) in [6.07, 6.45) is 2.84. The second kappa shape index (κ2) is 6.05.